The lowest BCUT2D eigenvalue weighted by Gasteiger charge is -2.24. The van der Waals surface area contributed by atoms with Crippen molar-refractivity contribution in [1.82, 2.24) is 4.90 Å². The summed E-state index contributed by atoms with van der Waals surface area (Å²) < 4.78 is 36.4. The second kappa shape index (κ2) is 2.95. The van der Waals surface area contributed by atoms with Gasteiger partial charge >= 0.3 is 6.18 Å². The third kappa shape index (κ3) is 1.70. The maximum atomic E-state index is 12.1. The van der Waals surface area contributed by atoms with Crippen LogP contribution in [0.2, 0.25) is 0 Å². The van der Waals surface area contributed by atoms with Gasteiger partial charge in [-0.05, 0) is 12.8 Å². The van der Waals surface area contributed by atoms with Crippen LogP contribution in [-0.4, -0.2) is 29.6 Å². The van der Waals surface area contributed by atoms with Gasteiger partial charge in [0.15, 0.2) is 0 Å². The first-order valence-corrected chi connectivity index (χ1v) is 3.62. The van der Waals surface area contributed by atoms with Gasteiger partial charge in [-0.3, -0.25) is 4.79 Å². The van der Waals surface area contributed by atoms with Crippen molar-refractivity contribution in [2.75, 3.05) is 6.54 Å². The molecule has 1 aliphatic heterocycles. The van der Waals surface area contributed by atoms with Gasteiger partial charge < -0.3 is 4.90 Å². The summed E-state index contributed by atoms with van der Waals surface area (Å²) in [5, 5.41) is 0. The summed E-state index contributed by atoms with van der Waals surface area (Å²) in [6, 6.07) is -1.61. The molecule has 0 aromatic rings. The van der Waals surface area contributed by atoms with Gasteiger partial charge in [0.05, 0.1) is 0 Å². The van der Waals surface area contributed by atoms with Crippen LogP contribution in [0.4, 0.5) is 13.2 Å². The molecule has 1 aliphatic rings. The monoisotopic (exact) mass is 180 g/mol. The minimum absolute atomic E-state index is 0.00472. The molecule has 2 nitrogen and oxygen atoms in total. The van der Waals surface area contributed by atoms with Crippen molar-refractivity contribution in [3.05, 3.63) is 6.92 Å². The number of nitrogens with zero attached hydrogens (tertiary/aromatic N) is 1. The van der Waals surface area contributed by atoms with Crippen LogP contribution in [0.15, 0.2) is 0 Å². The zero-order chi connectivity index (χ0) is 9.35. The van der Waals surface area contributed by atoms with Crippen molar-refractivity contribution >= 4 is 5.91 Å². The van der Waals surface area contributed by atoms with Crippen LogP contribution in [0.1, 0.15) is 12.8 Å². The lowest BCUT2D eigenvalue weighted by molar-refractivity contribution is -0.180. The normalized spacial score (nSPS) is 24.7. The highest BCUT2D eigenvalue weighted by atomic mass is 19.4. The number of halogens is 3. The minimum atomic E-state index is -4.30. The molecule has 1 heterocycles. The van der Waals surface area contributed by atoms with Crippen molar-refractivity contribution in [3.63, 3.8) is 0 Å². The van der Waals surface area contributed by atoms with E-state index in [9.17, 15) is 18.0 Å². The Balaban J connectivity index is 2.71. The lowest BCUT2D eigenvalue weighted by Crippen LogP contribution is -2.43. The van der Waals surface area contributed by atoms with Crippen molar-refractivity contribution in [3.8, 4) is 0 Å². The number of likely N-dealkylation sites (tertiary alicyclic amines) is 1. The number of rotatable bonds is 0. The summed E-state index contributed by atoms with van der Waals surface area (Å²) in [6.45, 7) is 3.14. The van der Waals surface area contributed by atoms with E-state index >= 15 is 0 Å². The quantitative estimate of drug-likeness (QED) is 0.551. The molecule has 0 aromatic carbocycles. The van der Waals surface area contributed by atoms with E-state index in [0.717, 1.165) is 4.90 Å². The molecule has 0 spiro atoms. The van der Waals surface area contributed by atoms with E-state index in [1.54, 1.807) is 0 Å². The molecule has 1 rings (SSSR count). The van der Waals surface area contributed by atoms with Crippen molar-refractivity contribution in [1.29, 1.82) is 0 Å². The van der Waals surface area contributed by atoms with E-state index in [0.29, 0.717) is 6.42 Å². The topological polar surface area (TPSA) is 20.3 Å². The molecule has 69 valence electrons. The molecular weight excluding hydrogens is 171 g/mol. The second-order valence-electron chi connectivity index (χ2n) is 2.79. The molecule has 1 radical (unpaired) electrons. The third-order valence-electron chi connectivity index (χ3n) is 1.95. The molecule has 1 amide bonds. The largest absolute Gasteiger partial charge is 0.408 e. The minimum Gasteiger partial charge on any atom is -0.331 e. The van der Waals surface area contributed by atoms with Gasteiger partial charge in [0, 0.05) is 13.5 Å². The number of carbonyl (C=O) groups excluding carboxylic acids is 1. The Bertz CT molecular complexity index is 190. The van der Waals surface area contributed by atoms with Crippen LogP contribution in [0, 0.1) is 6.92 Å². The Morgan fingerprint density at radius 2 is 2.08 bits per heavy atom. The van der Waals surface area contributed by atoms with E-state index < -0.39 is 18.1 Å². The molecule has 1 unspecified atom stereocenters. The Labute approximate surface area is 68.3 Å². The summed E-state index contributed by atoms with van der Waals surface area (Å²) in [4.78, 5) is 11.4. The summed E-state index contributed by atoms with van der Waals surface area (Å²) in [5.74, 6) is -0.741. The molecule has 1 fully saturated rings. The third-order valence-corrected chi connectivity index (χ3v) is 1.95. The fourth-order valence-electron chi connectivity index (χ4n) is 1.41. The zero-order valence-electron chi connectivity index (χ0n) is 6.40. The van der Waals surface area contributed by atoms with Gasteiger partial charge in [-0.1, -0.05) is 0 Å². The highest BCUT2D eigenvalue weighted by Gasteiger charge is 2.46. The molecule has 0 bridgehead atoms. The van der Waals surface area contributed by atoms with E-state index in [2.05, 4.69) is 6.92 Å². The summed E-state index contributed by atoms with van der Waals surface area (Å²) >= 11 is 0. The first kappa shape index (κ1) is 9.35. The number of hydrogen-bond donors (Lipinski definition) is 0. The fraction of sp³-hybridized carbons (Fsp3) is 0.714. The molecule has 1 saturated heterocycles. The number of carbonyl (C=O) groups is 1. The Morgan fingerprint density at radius 1 is 1.50 bits per heavy atom. The summed E-state index contributed by atoms with van der Waals surface area (Å²) in [5.41, 5.74) is 0. The Morgan fingerprint density at radius 3 is 2.42 bits per heavy atom. The average molecular weight is 180 g/mol. The fourth-order valence-corrected chi connectivity index (χ4v) is 1.41. The average Bonchev–Trinajstić information content (AvgIpc) is 2.30. The van der Waals surface area contributed by atoms with Crippen molar-refractivity contribution in [2.24, 2.45) is 0 Å². The van der Waals surface area contributed by atoms with Crippen LogP contribution in [-0.2, 0) is 4.79 Å². The van der Waals surface area contributed by atoms with Gasteiger partial charge in [-0.25, -0.2) is 0 Å². The van der Waals surface area contributed by atoms with Gasteiger partial charge in [-0.2, -0.15) is 13.2 Å². The maximum absolute atomic E-state index is 12.1. The molecule has 0 aromatic heterocycles. The van der Waals surface area contributed by atoms with Gasteiger partial charge in [0.1, 0.15) is 6.04 Å². The molecule has 12 heavy (non-hydrogen) atoms. The van der Waals surface area contributed by atoms with Crippen LogP contribution in [0.25, 0.3) is 0 Å². The number of hydrogen-bond acceptors (Lipinski definition) is 1. The predicted molar refractivity (Wildman–Crippen MR) is 36.1 cm³/mol. The molecule has 5 heteroatoms. The van der Waals surface area contributed by atoms with Crippen LogP contribution in [0.3, 0.4) is 0 Å². The van der Waals surface area contributed by atoms with E-state index in [-0.39, 0.29) is 13.0 Å². The van der Waals surface area contributed by atoms with Gasteiger partial charge in [-0.15, -0.1) is 0 Å². The van der Waals surface area contributed by atoms with E-state index in [4.69, 9.17) is 0 Å². The maximum Gasteiger partial charge on any atom is 0.408 e. The number of alkyl halides is 3. The van der Waals surface area contributed by atoms with Gasteiger partial charge in [0.25, 0.3) is 0 Å². The first-order chi connectivity index (χ1) is 5.43. The van der Waals surface area contributed by atoms with Crippen LogP contribution < -0.4 is 0 Å². The Hall–Kier alpha value is -0.740. The molecule has 0 saturated carbocycles. The predicted octanol–water partition coefficient (Wildman–Crippen LogP) is 1.37. The van der Waals surface area contributed by atoms with E-state index in [1.165, 1.54) is 0 Å². The van der Waals surface area contributed by atoms with E-state index in [1.807, 2.05) is 0 Å². The standard InChI is InChI=1S/C7H9F3NO/c1-5(12)11-4-2-3-6(11)7(8,9)10/h6H,1-4H2. The van der Waals surface area contributed by atoms with Gasteiger partial charge in [0.2, 0.25) is 5.91 Å². The second-order valence-corrected chi connectivity index (χ2v) is 2.79. The Kier molecular flexibility index (Phi) is 2.30. The lowest BCUT2D eigenvalue weighted by atomic mass is 10.2. The summed E-state index contributed by atoms with van der Waals surface area (Å²) in [7, 11) is 0. The molecule has 1 atom stereocenters. The first-order valence-electron chi connectivity index (χ1n) is 3.62. The summed E-state index contributed by atoms with van der Waals surface area (Å²) in [6.07, 6.45) is -3.89. The van der Waals surface area contributed by atoms with Crippen molar-refractivity contribution in [2.45, 2.75) is 25.1 Å². The highest BCUT2D eigenvalue weighted by Crippen LogP contribution is 2.32. The smallest absolute Gasteiger partial charge is 0.331 e. The SMILES string of the molecule is [CH2]C(=O)N1CCCC1C(F)(F)F. The molecular formula is C7H9F3NO. The molecule has 0 aliphatic carbocycles. The molecule has 0 N–H and O–H groups in total. The number of amides is 1. The highest BCUT2D eigenvalue weighted by molar-refractivity contribution is 5.80. The van der Waals surface area contributed by atoms with Crippen LogP contribution >= 0.6 is 0 Å². The van der Waals surface area contributed by atoms with Crippen molar-refractivity contribution < 1.29 is 18.0 Å². The van der Waals surface area contributed by atoms with Crippen LogP contribution in [0.5, 0.6) is 0 Å². The zero-order valence-corrected chi connectivity index (χ0v) is 6.40.